The van der Waals surface area contributed by atoms with E-state index in [1.165, 1.54) is 12.1 Å². The zero-order valence-corrected chi connectivity index (χ0v) is 12.1. The molecule has 1 aromatic rings. The van der Waals surface area contributed by atoms with Gasteiger partial charge in [-0.15, -0.1) is 0 Å². The Kier molecular flexibility index (Phi) is 5.54. The molecule has 1 N–H and O–H groups in total. The van der Waals surface area contributed by atoms with Gasteiger partial charge in [-0.05, 0) is 34.5 Å². The summed E-state index contributed by atoms with van der Waals surface area (Å²) in [5, 5.41) is -0.246. The van der Waals surface area contributed by atoms with Gasteiger partial charge in [0, 0.05) is 0 Å². The fourth-order valence-corrected chi connectivity index (χ4v) is 2.36. The predicted octanol–water partition coefficient (Wildman–Crippen LogP) is 2.06. The van der Waals surface area contributed by atoms with Crippen molar-refractivity contribution in [2.24, 2.45) is 0 Å². The number of sulfonamides is 1. The maximum absolute atomic E-state index is 11.7. The molecule has 0 saturated heterocycles. The lowest BCUT2D eigenvalue weighted by Gasteiger charge is -2.07. The smallest absolute Gasteiger partial charge is 0.421 e. The zero-order chi connectivity index (χ0) is 13.6. The Morgan fingerprint density at radius 1 is 1.50 bits per heavy atom. The summed E-state index contributed by atoms with van der Waals surface area (Å²) >= 11 is 3.05. The number of pyridine rings is 1. The molecular formula is C10H13BrN2O4S. The van der Waals surface area contributed by atoms with Crippen LogP contribution in [0.1, 0.15) is 19.8 Å². The first-order valence-corrected chi connectivity index (χ1v) is 7.55. The van der Waals surface area contributed by atoms with Crippen LogP contribution in [-0.2, 0) is 14.8 Å². The molecule has 0 saturated carbocycles. The summed E-state index contributed by atoms with van der Waals surface area (Å²) in [5.74, 6) is 0. The first kappa shape index (κ1) is 14.9. The SMILES string of the molecule is CCCCOC(=O)NS(=O)(=O)c1cccc(Br)n1. The van der Waals surface area contributed by atoms with Crippen LogP contribution < -0.4 is 4.72 Å². The van der Waals surface area contributed by atoms with Crippen LogP contribution in [0.25, 0.3) is 0 Å². The Balaban J connectivity index is 2.68. The Morgan fingerprint density at radius 3 is 2.83 bits per heavy atom. The Bertz CT molecular complexity index is 518. The fourth-order valence-electron chi connectivity index (χ4n) is 1.04. The second-order valence-electron chi connectivity index (χ2n) is 3.39. The van der Waals surface area contributed by atoms with Crippen molar-refractivity contribution in [3.05, 3.63) is 22.8 Å². The van der Waals surface area contributed by atoms with Crippen LogP contribution in [0.5, 0.6) is 0 Å². The number of halogens is 1. The summed E-state index contributed by atoms with van der Waals surface area (Å²) in [6.07, 6.45) is 0.542. The van der Waals surface area contributed by atoms with E-state index in [9.17, 15) is 13.2 Å². The lowest BCUT2D eigenvalue weighted by atomic mass is 10.4. The highest BCUT2D eigenvalue weighted by Crippen LogP contribution is 2.10. The molecule has 1 heterocycles. The van der Waals surface area contributed by atoms with Crippen LogP contribution in [0.4, 0.5) is 4.79 Å². The molecule has 0 aromatic carbocycles. The summed E-state index contributed by atoms with van der Waals surface area (Å²) in [6.45, 7) is 2.12. The number of hydrogen-bond acceptors (Lipinski definition) is 5. The van der Waals surface area contributed by atoms with E-state index in [1.807, 2.05) is 6.92 Å². The van der Waals surface area contributed by atoms with Gasteiger partial charge in [-0.1, -0.05) is 19.4 Å². The van der Waals surface area contributed by atoms with Crippen molar-refractivity contribution in [1.29, 1.82) is 0 Å². The molecule has 1 rings (SSSR count). The lowest BCUT2D eigenvalue weighted by molar-refractivity contribution is 0.151. The number of hydrogen-bond donors (Lipinski definition) is 1. The number of aromatic nitrogens is 1. The maximum Gasteiger partial charge on any atom is 0.421 e. The predicted molar refractivity (Wildman–Crippen MR) is 68.5 cm³/mol. The minimum absolute atomic E-state index is 0.184. The van der Waals surface area contributed by atoms with E-state index in [0.29, 0.717) is 11.0 Å². The Morgan fingerprint density at radius 2 is 2.22 bits per heavy atom. The normalized spacial score (nSPS) is 11.0. The summed E-state index contributed by atoms with van der Waals surface area (Å²) in [5.41, 5.74) is 0. The Hall–Kier alpha value is -1.15. The van der Waals surface area contributed by atoms with Gasteiger partial charge in [0.25, 0.3) is 10.0 Å². The van der Waals surface area contributed by atoms with E-state index in [1.54, 1.807) is 10.8 Å². The molecule has 1 aromatic heterocycles. The minimum atomic E-state index is -3.98. The van der Waals surface area contributed by atoms with Crippen molar-refractivity contribution in [1.82, 2.24) is 9.71 Å². The molecule has 0 fully saturated rings. The quantitative estimate of drug-likeness (QED) is 0.657. The van der Waals surface area contributed by atoms with Gasteiger partial charge in [0.1, 0.15) is 4.60 Å². The lowest BCUT2D eigenvalue weighted by Crippen LogP contribution is -2.31. The topological polar surface area (TPSA) is 85.4 Å². The molecule has 0 bridgehead atoms. The van der Waals surface area contributed by atoms with Gasteiger partial charge in [0.15, 0.2) is 5.03 Å². The van der Waals surface area contributed by atoms with Crippen LogP contribution in [-0.4, -0.2) is 26.1 Å². The van der Waals surface area contributed by atoms with E-state index < -0.39 is 16.1 Å². The molecule has 0 aliphatic carbocycles. The highest BCUT2D eigenvalue weighted by molar-refractivity contribution is 9.10. The van der Waals surface area contributed by atoms with E-state index >= 15 is 0 Å². The molecule has 0 atom stereocenters. The third-order valence-corrected chi connectivity index (χ3v) is 3.57. The van der Waals surface area contributed by atoms with Crippen molar-refractivity contribution in [3.8, 4) is 0 Å². The molecule has 18 heavy (non-hydrogen) atoms. The average molecular weight is 337 g/mol. The van der Waals surface area contributed by atoms with Crippen molar-refractivity contribution in [2.45, 2.75) is 24.8 Å². The van der Waals surface area contributed by atoms with Crippen LogP contribution in [0.3, 0.4) is 0 Å². The summed E-state index contributed by atoms with van der Waals surface area (Å²) < 4.78 is 30.3. The van der Waals surface area contributed by atoms with Gasteiger partial charge in [-0.3, -0.25) is 0 Å². The fraction of sp³-hybridized carbons (Fsp3) is 0.400. The molecular weight excluding hydrogens is 324 g/mol. The highest BCUT2D eigenvalue weighted by atomic mass is 79.9. The molecule has 0 aliphatic rings. The van der Waals surface area contributed by atoms with Crippen LogP contribution in [0.2, 0.25) is 0 Å². The molecule has 0 unspecified atom stereocenters. The largest absolute Gasteiger partial charge is 0.449 e. The van der Waals surface area contributed by atoms with Crippen LogP contribution >= 0.6 is 15.9 Å². The number of rotatable bonds is 5. The van der Waals surface area contributed by atoms with Gasteiger partial charge in [0.2, 0.25) is 0 Å². The second kappa shape index (κ2) is 6.69. The molecule has 8 heteroatoms. The van der Waals surface area contributed by atoms with E-state index in [2.05, 4.69) is 20.9 Å². The summed E-state index contributed by atoms with van der Waals surface area (Å²) in [7, 11) is -3.98. The van der Waals surface area contributed by atoms with Gasteiger partial charge < -0.3 is 4.74 Å². The third-order valence-electron chi connectivity index (χ3n) is 1.91. The third kappa shape index (κ3) is 4.61. The molecule has 0 radical (unpaired) electrons. The van der Waals surface area contributed by atoms with Crippen molar-refractivity contribution < 1.29 is 17.9 Å². The van der Waals surface area contributed by atoms with Crippen molar-refractivity contribution >= 4 is 32.0 Å². The monoisotopic (exact) mass is 336 g/mol. The Labute approximate surface area is 114 Å². The van der Waals surface area contributed by atoms with Crippen LogP contribution in [0.15, 0.2) is 27.8 Å². The number of unbranched alkanes of at least 4 members (excludes halogenated alkanes) is 1. The number of nitrogens with zero attached hydrogens (tertiary/aromatic N) is 1. The second-order valence-corrected chi connectivity index (χ2v) is 5.84. The number of ether oxygens (including phenoxy) is 1. The van der Waals surface area contributed by atoms with Gasteiger partial charge in [0.05, 0.1) is 6.61 Å². The standard InChI is InChI=1S/C10H13BrN2O4S/c1-2-3-7-17-10(14)13-18(15,16)9-6-4-5-8(11)12-9/h4-6H,2-3,7H2,1H3,(H,13,14). The van der Waals surface area contributed by atoms with E-state index in [0.717, 1.165) is 6.42 Å². The number of carbonyl (C=O) groups is 1. The first-order chi connectivity index (χ1) is 8.45. The van der Waals surface area contributed by atoms with Gasteiger partial charge >= 0.3 is 6.09 Å². The number of amides is 1. The molecule has 6 nitrogen and oxygen atoms in total. The first-order valence-electron chi connectivity index (χ1n) is 5.28. The molecule has 1 amide bonds. The molecule has 0 spiro atoms. The summed E-state index contributed by atoms with van der Waals surface area (Å²) in [4.78, 5) is 15.0. The average Bonchev–Trinajstić information content (AvgIpc) is 2.28. The molecule has 100 valence electrons. The van der Waals surface area contributed by atoms with Crippen molar-refractivity contribution in [2.75, 3.05) is 6.61 Å². The van der Waals surface area contributed by atoms with E-state index in [-0.39, 0.29) is 11.6 Å². The highest BCUT2D eigenvalue weighted by Gasteiger charge is 2.19. The maximum atomic E-state index is 11.7. The number of carbonyl (C=O) groups excluding carboxylic acids is 1. The molecule has 0 aliphatic heterocycles. The van der Waals surface area contributed by atoms with Gasteiger partial charge in [-0.25, -0.2) is 14.5 Å². The minimum Gasteiger partial charge on any atom is -0.449 e. The van der Waals surface area contributed by atoms with Gasteiger partial charge in [-0.2, -0.15) is 8.42 Å². The van der Waals surface area contributed by atoms with Crippen LogP contribution in [0, 0.1) is 0 Å². The van der Waals surface area contributed by atoms with Crippen molar-refractivity contribution in [3.63, 3.8) is 0 Å². The number of nitrogens with one attached hydrogen (secondary N) is 1. The zero-order valence-electron chi connectivity index (χ0n) is 9.72. The summed E-state index contributed by atoms with van der Waals surface area (Å²) in [6, 6.07) is 4.37. The van der Waals surface area contributed by atoms with E-state index in [4.69, 9.17) is 4.74 Å².